The van der Waals surface area contributed by atoms with Gasteiger partial charge in [-0.2, -0.15) is 0 Å². The molecule has 4 nitrogen and oxygen atoms in total. The predicted molar refractivity (Wildman–Crippen MR) is 112 cm³/mol. The van der Waals surface area contributed by atoms with Crippen LogP contribution in [0.5, 0.6) is 0 Å². The first kappa shape index (κ1) is 19.8. The molecule has 160 valence electrons. The van der Waals surface area contributed by atoms with Crippen LogP contribution in [-0.4, -0.2) is 21.9 Å². The highest BCUT2D eigenvalue weighted by molar-refractivity contribution is 5.32. The molecule has 4 aliphatic carbocycles. The molecule has 0 bridgehead atoms. The van der Waals surface area contributed by atoms with Gasteiger partial charge in [0, 0.05) is 16.9 Å². The van der Waals surface area contributed by atoms with Gasteiger partial charge in [0.05, 0.1) is 18.0 Å². The third-order valence-electron chi connectivity index (χ3n) is 10.8. The minimum atomic E-state index is -0.676. The zero-order valence-corrected chi connectivity index (χ0v) is 18.1. The van der Waals surface area contributed by atoms with Crippen molar-refractivity contribution in [3.63, 3.8) is 0 Å². The van der Waals surface area contributed by atoms with Crippen LogP contribution in [0.3, 0.4) is 0 Å². The minimum Gasteiger partial charge on any atom is -0.431 e. The molecule has 4 aliphatic rings. The monoisotopic (exact) mass is 400 g/mol. The lowest BCUT2D eigenvalue weighted by Gasteiger charge is -2.64. The fourth-order valence-electron chi connectivity index (χ4n) is 8.61. The number of fused-ring (bicyclic) bond motifs is 5. The van der Waals surface area contributed by atoms with Crippen LogP contribution in [0.25, 0.3) is 0 Å². The molecule has 0 spiro atoms. The van der Waals surface area contributed by atoms with Crippen LogP contribution in [-0.2, 0) is 5.41 Å². The van der Waals surface area contributed by atoms with Crippen molar-refractivity contribution in [2.75, 3.05) is 0 Å². The maximum Gasteiger partial charge on any atom is 0.335 e. The smallest absolute Gasteiger partial charge is 0.335 e. The van der Waals surface area contributed by atoms with Crippen LogP contribution in [0.4, 0.5) is 0 Å². The van der Waals surface area contributed by atoms with E-state index in [2.05, 4.69) is 20.8 Å². The summed E-state index contributed by atoms with van der Waals surface area (Å²) in [6.07, 6.45) is 10.5. The Kier molecular flexibility index (Phi) is 4.23. The van der Waals surface area contributed by atoms with Crippen molar-refractivity contribution in [1.82, 2.24) is 0 Å². The van der Waals surface area contributed by atoms with Gasteiger partial charge in [0.15, 0.2) is 0 Å². The van der Waals surface area contributed by atoms with Crippen LogP contribution < -0.4 is 5.63 Å². The van der Waals surface area contributed by atoms with E-state index in [-0.39, 0.29) is 28.0 Å². The predicted octanol–water partition coefficient (Wildman–Crippen LogP) is 4.42. The summed E-state index contributed by atoms with van der Waals surface area (Å²) in [5.74, 6) is 1.47. The number of rotatable bonds is 1. The van der Waals surface area contributed by atoms with E-state index in [1.54, 1.807) is 6.26 Å². The van der Waals surface area contributed by atoms with Gasteiger partial charge in [0.1, 0.15) is 0 Å². The number of aliphatic hydroxyl groups excluding tert-OH is 1. The maximum absolute atomic E-state index is 12.3. The number of aliphatic hydroxyl groups is 2. The summed E-state index contributed by atoms with van der Waals surface area (Å²) >= 11 is 0. The zero-order valence-electron chi connectivity index (χ0n) is 18.1. The molecule has 0 aromatic carbocycles. The first-order valence-electron chi connectivity index (χ1n) is 11.6. The first-order chi connectivity index (χ1) is 13.6. The molecule has 4 saturated carbocycles. The van der Waals surface area contributed by atoms with Gasteiger partial charge < -0.3 is 14.6 Å². The van der Waals surface area contributed by atoms with Crippen molar-refractivity contribution in [2.24, 2.45) is 28.6 Å². The quantitative estimate of drug-likeness (QED) is 0.732. The molecule has 1 aromatic heterocycles. The Morgan fingerprint density at radius 1 is 0.966 bits per heavy atom. The van der Waals surface area contributed by atoms with Crippen LogP contribution in [0.15, 0.2) is 27.6 Å². The Bertz CT molecular complexity index is 842. The summed E-state index contributed by atoms with van der Waals surface area (Å²) < 4.78 is 5.24. The Labute approximate surface area is 173 Å². The van der Waals surface area contributed by atoms with E-state index in [1.165, 1.54) is 6.07 Å². The standard InChI is InChI=1S/C25H36O4/c1-22-10-8-18(26)14-16(22)4-6-20-19(22)9-11-24(3)23(2,12-13-25(20,24)28)17-5-7-21(27)29-15-17/h5,7,15-16,18-20,26,28H,4,6,8-14H2,1-3H3/t16-,18+,19+,20-,22+,23-,24-,25+/m1/s1. The Hall–Kier alpha value is -1.13. The summed E-state index contributed by atoms with van der Waals surface area (Å²) in [4.78, 5) is 11.5. The third kappa shape index (κ3) is 2.42. The second-order valence-corrected chi connectivity index (χ2v) is 11.4. The normalized spacial score (nSPS) is 51.8. The van der Waals surface area contributed by atoms with Crippen molar-refractivity contribution >= 4 is 0 Å². The SMILES string of the molecule is C[C@]12CC[C@H](O)C[C@H]1CC[C@@H]1[C@@H]2CC[C@]2(C)[C@@](C)(c3ccc(=O)oc3)CC[C@]12O. The van der Waals surface area contributed by atoms with E-state index in [9.17, 15) is 15.0 Å². The molecule has 29 heavy (non-hydrogen) atoms. The van der Waals surface area contributed by atoms with Gasteiger partial charge in [-0.25, -0.2) is 4.79 Å². The second kappa shape index (κ2) is 6.20. The Balaban J connectivity index is 1.52. The highest BCUT2D eigenvalue weighted by Crippen LogP contribution is 2.72. The highest BCUT2D eigenvalue weighted by atomic mass is 16.4. The van der Waals surface area contributed by atoms with Gasteiger partial charge in [-0.15, -0.1) is 0 Å². The van der Waals surface area contributed by atoms with Crippen LogP contribution in [0.1, 0.15) is 84.1 Å². The molecule has 0 saturated heterocycles. The van der Waals surface area contributed by atoms with E-state index in [1.807, 2.05) is 6.07 Å². The van der Waals surface area contributed by atoms with Gasteiger partial charge in [-0.1, -0.05) is 20.8 Å². The van der Waals surface area contributed by atoms with E-state index >= 15 is 0 Å². The Morgan fingerprint density at radius 3 is 2.48 bits per heavy atom. The molecule has 1 heterocycles. The molecular weight excluding hydrogens is 364 g/mol. The molecule has 4 fully saturated rings. The van der Waals surface area contributed by atoms with Crippen molar-refractivity contribution in [2.45, 2.75) is 95.7 Å². The van der Waals surface area contributed by atoms with E-state index in [4.69, 9.17) is 4.42 Å². The summed E-state index contributed by atoms with van der Waals surface area (Å²) in [5.41, 5.74) is -0.106. The molecule has 0 radical (unpaired) electrons. The lowest BCUT2D eigenvalue weighted by Crippen LogP contribution is -2.64. The molecule has 8 atom stereocenters. The second-order valence-electron chi connectivity index (χ2n) is 11.4. The van der Waals surface area contributed by atoms with E-state index in [0.717, 1.165) is 63.4 Å². The molecule has 0 unspecified atom stereocenters. The lowest BCUT2D eigenvalue weighted by atomic mass is 9.42. The van der Waals surface area contributed by atoms with Crippen molar-refractivity contribution in [3.05, 3.63) is 34.4 Å². The minimum absolute atomic E-state index is 0.135. The lowest BCUT2D eigenvalue weighted by molar-refractivity contribution is -0.212. The van der Waals surface area contributed by atoms with Gasteiger partial charge >= 0.3 is 5.63 Å². The molecule has 0 aliphatic heterocycles. The van der Waals surface area contributed by atoms with Gasteiger partial charge in [-0.3, -0.25) is 0 Å². The van der Waals surface area contributed by atoms with Crippen LogP contribution in [0.2, 0.25) is 0 Å². The largest absolute Gasteiger partial charge is 0.431 e. The average molecular weight is 401 g/mol. The maximum atomic E-state index is 12.3. The fraction of sp³-hybridized carbons (Fsp3) is 0.800. The fourth-order valence-corrected chi connectivity index (χ4v) is 8.61. The van der Waals surface area contributed by atoms with Gasteiger partial charge in [0.2, 0.25) is 0 Å². The van der Waals surface area contributed by atoms with E-state index < -0.39 is 5.60 Å². The molecular formula is C25H36O4. The third-order valence-corrected chi connectivity index (χ3v) is 10.8. The molecule has 2 N–H and O–H groups in total. The first-order valence-corrected chi connectivity index (χ1v) is 11.6. The summed E-state index contributed by atoms with van der Waals surface area (Å²) in [6, 6.07) is 3.43. The Morgan fingerprint density at radius 2 is 1.76 bits per heavy atom. The van der Waals surface area contributed by atoms with Crippen molar-refractivity contribution < 1.29 is 14.6 Å². The van der Waals surface area contributed by atoms with Crippen LogP contribution in [0, 0.1) is 28.6 Å². The van der Waals surface area contributed by atoms with Crippen LogP contribution >= 0.6 is 0 Å². The number of hydrogen-bond acceptors (Lipinski definition) is 4. The summed E-state index contributed by atoms with van der Waals surface area (Å²) in [7, 11) is 0. The summed E-state index contributed by atoms with van der Waals surface area (Å²) in [6.45, 7) is 7.01. The zero-order chi connectivity index (χ0) is 20.7. The highest BCUT2D eigenvalue weighted by Gasteiger charge is 2.70. The molecule has 1 aromatic rings. The van der Waals surface area contributed by atoms with E-state index in [0.29, 0.717) is 17.8 Å². The molecule has 4 heteroatoms. The van der Waals surface area contributed by atoms with Crippen molar-refractivity contribution in [1.29, 1.82) is 0 Å². The van der Waals surface area contributed by atoms with Gasteiger partial charge in [0.25, 0.3) is 0 Å². The van der Waals surface area contributed by atoms with Crippen molar-refractivity contribution in [3.8, 4) is 0 Å². The topological polar surface area (TPSA) is 70.7 Å². The number of hydrogen-bond donors (Lipinski definition) is 2. The molecule has 5 rings (SSSR count). The average Bonchev–Trinajstić information content (AvgIpc) is 2.91. The van der Waals surface area contributed by atoms with Gasteiger partial charge in [-0.05, 0) is 92.6 Å². The summed E-state index contributed by atoms with van der Waals surface area (Å²) in [5, 5.41) is 22.6. The molecule has 0 amide bonds.